The van der Waals surface area contributed by atoms with Crippen LogP contribution < -0.4 is 5.32 Å². The van der Waals surface area contributed by atoms with Crippen molar-refractivity contribution in [1.29, 1.82) is 0 Å². The SMILES string of the molecule is CCCNC(CCc1ccccc1)c1cc(C)oc1C. The van der Waals surface area contributed by atoms with E-state index in [1.807, 2.05) is 6.92 Å². The van der Waals surface area contributed by atoms with Crippen LogP contribution in [0.3, 0.4) is 0 Å². The fourth-order valence-electron chi connectivity index (χ4n) is 2.64. The minimum atomic E-state index is 0.382. The molecule has 1 heterocycles. The lowest BCUT2D eigenvalue weighted by Crippen LogP contribution is -2.23. The highest BCUT2D eigenvalue weighted by Gasteiger charge is 2.16. The molecule has 2 rings (SSSR count). The van der Waals surface area contributed by atoms with E-state index in [1.54, 1.807) is 0 Å². The number of furan rings is 1. The van der Waals surface area contributed by atoms with Crippen molar-refractivity contribution in [2.24, 2.45) is 0 Å². The Morgan fingerprint density at radius 2 is 1.90 bits per heavy atom. The second-order valence-electron chi connectivity index (χ2n) is 5.40. The van der Waals surface area contributed by atoms with Gasteiger partial charge in [0, 0.05) is 11.6 Å². The zero-order valence-electron chi connectivity index (χ0n) is 12.8. The first-order chi connectivity index (χ1) is 9.70. The van der Waals surface area contributed by atoms with Gasteiger partial charge in [0.2, 0.25) is 0 Å². The molecule has 0 spiro atoms. The van der Waals surface area contributed by atoms with Crippen molar-refractivity contribution in [3.63, 3.8) is 0 Å². The standard InChI is InChI=1S/C18H25NO/c1-4-12-19-18(17-13-14(2)20-15(17)3)11-10-16-8-6-5-7-9-16/h5-9,13,18-19H,4,10-12H2,1-3H3. The topological polar surface area (TPSA) is 25.2 Å². The monoisotopic (exact) mass is 271 g/mol. The highest BCUT2D eigenvalue weighted by atomic mass is 16.3. The summed E-state index contributed by atoms with van der Waals surface area (Å²) in [7, 11) is 0. The van der Waals surface area contributed by atoms with Gasteiger partial charge in [0.05, 0.1) is 0 Å². The summed E-state index contributed by atoms with van der Waals surface area (Å²) in [5.74, 6) is 2.05. The van der Waals surface area contributed by atoms with Crippen LogP contribution in [0.4, 0.5) is 0 Å². The van der Waals surface area contributed by atoms with Crippen molar-refractivity contribution in [2.75, 3.05) is 6.54 Å². The van der Waals surface area contributed by atoms with Crippen LogP contribution in [0, 0.1) is 13.8 Å². The Kier molecular flexibility index (Phi) is 5.42. The van der Waals surface area contributed by atoms with E-state index in [1.165, 1.54) is 11.1 Å². The molecule has 0 aliphatic carbocycles. The molecular formula is C18H25NO. The third kappa shape index (κ3) is 3.97. The molecule has 1 unspecified atom stereocenters. The van der Waals surface area contributed by atoms with E-state index < -0.39 is 0 Å². The van der Waals surface area contributed by atoms with E-state index in [0.717, 1.165) is 37.3 Å². The molecule has 0 saturated heterocycles. The normalized spacial score (nSPS) is 12.6. The zero-order valence-corrected chi connectivity index (χ0v) is 12.8. The number of rotatable bonds is 7. The van der Waals surface area contributed by atoms with Crippen LogP contribution in [0.25, 0.3) is 0 Å². The summed E-state index contributed by atoms with van der Waals surface area (Å²) in [5.41, 5.74) is 2.71. The lowest BCUT2D eigenvalue weighted by atomic mass is 9.99. The van der Waals surface area contributed by atoms with Crippen molar-refractivity contribution in [3.8, 4) is 0 Å². The second-order valence-corrected chi connectivity index (χ2v) is 5.40. The Morgan fingerprint density at radius 3 is 2.50 bits per heavy atom. The van der Waals surface area contributed by atoms with Crippen LogP contribution in [0.15, 0.2) is 40.8 Å². The minimum absolute atomic E-state index is 0.382. The maximum absolute atomic E-state index is 5.69. The molecule has 0 saturated carbocycles. The van der Waals surface area contributed by atoms with Crippen molar-refractivity contribution >= 4 is 0 Å². The van der Waals surface area contributed by atoms with Gasteiger partial charge >= 0.3 is 0 Å². The summed E-state index contributed by atoms with van der Waals surface area (Å²) in [4.78, 5) is 0. The van der Waals surface area contributed by atoms with E-state index >= 15 is 0 Å². The van der Waals surface area contributed by atoms with Gasteiger partial charge in [-0.25, -0.2) is 0 Å². The largest absolute Gasteiger partial charge is 0.466 e. The van der Waals surface area contributed by atoms with E-state index in [9.17, 15) is 0 Å². The molecule has 0 fully saturated rings. The molecule has 1 N–H and O–H groups in total. The number of aryl methyl sites for hydroxylation is 3. The van der Waals surface area contributed by atoms with Crippen LogP contribution in [0.1, 0.15) is 48.5 Å². The minimum Gasteiger partial charge on any atom is -0.466 e. The number of hydrogen-bond donors (Lipinski definition) is 1. The molecule has 0 amide bonds. The molecule has 2 aromatic rings. The van der Waals surface area contributed by atoms with Gasteiger partial charge in [0.25, 0.3) is 0 Å². The molecule has 1 aromatic carbocycles. The van der Waals surface area contributed by atoms with Crippen molar-refractivity contribution < 1.29 is 4.42 Å². The predicted molar refractivity (Wildman–Crippen MR) is 84.0 cm³/mol. The Hall–Kier alpha value is -1.54. The summed E-state index contributed by atoms with van der Waals surface area (Å²) in [5, 5.41) is 3.65. The molecular weight excluding hydrogens is 246 g/mol. The molecule has 108 valence electrons. The van der Waals surface area contributed by atoms with Crippen LogP contribution in [-0.4, -0.2) is 6.54 Å². The van der Waals surface area contributed by atoms with E-state index in [0.29, 0.717) is 6.04 Å². The van der Waals surface area contributed by atoms with E-state index in [2.05, 4.69) is 55.6 Å². The average Bonchev–Trinajstić information content (AvgIpc) is 2.79. The van der Waals surface area contributed by atoms with Gasteiger partial charge in [-0.1, -0.05) is 37.3 Å². The van der Waals surface area contributed by atoms with Gasteiger partial charge in [0.15, 0.2) is 0 Å². The summed E-state index contributed by atoms with van der Waals surface area (Å²) < 4.78 is 5.69. The summed E-state index contributed by atoms with van der Waals surface area (Å²) in [6.45, 7) is 7.33. The average molecular weight is 271 g/mol. The van der Waals surface area contributed by atoms with Crippen molar-refractivity contribution in [3.05, 3.63) is 59.0 Å². The van der Waals surface area contributed by atoms with E-state index in [4.69, 9.17) is 4.42 Å². The van der Waals surface area contributed by atoms with Crippen LogP contribution in [-0.2, 0) is 6.42 Å². The predicted octanol–water partition coefficient (Wildman–Crippen LogP) is 4.57. The molecule has 2 heteroatoms. The summed E-state index contributed by atoms with van der Waals surface area (Å²) >= 11 is 0. The molecule has 1 aromatic heterocycles. The molecule has 0 aliphatic rings. The van der Waals surface area contributed by atoms with Crippen LogP contribution in [0.5, 0.6) is 0 Å². The Bertz CT molecular complexity index is 515. The molecule has 1 atom stereocenters. The van der Waals surface area contributed by atoms with Crippen molar-refractivity contribution in [2.45, 2.75) is 46.1 Å². The highest BCUT2D eigenvalue weighted by molar-refractivity contribution is 5.25. The molecule has 2 nitrogen and oxygen atoms in total. The van der Waals surface area contributed by atoms with E-state index in [-0.39, 0.29) is 0 Å². The summed E-state index contributed by atoms with van der Waals surface area (Å²) in [6.07, 6.45) is 3.34. The number of benzene rings is 1. The lowest BCUT2D eigenvalue weighted by Gasteiger charge is -2.18. The van der Waals surface area contributed by atoms with Crippen molar-refractivity contribution in [1.82, 2.24) is 5.32 Å². The quantitative estimate of drug-likeness (QED) is 0.798. The van der Waals surface area contributed by atoms with Crippen LogP contribution >= 0.6 is 0 Å². The van der Waals surface area contributed by atoms with Gasteiger partial charge in [-0.2, -0.15) is 0 Å². The van der Waals surface area contributed by atoms with Gasteiger partial charge in [-0.05, 0) is 51.3 Å². The van der Waals surface area contributed by atoms with Gasteiger partial charge in [-0.3, -0.25) is 0 Å². The maximum Gasteiger partial charge on any atom is 0.105 e. The molecule has 0 aliphatic heterocycles. The highest BCUT2D eigenvalue weighted by Crippen LogP contribution is 2.25. The Balaban J connectivity index is 2.05. The second kappa shape index (κ2) is 7.30. The maximum atomic E-state index is 5.69. The fraction of sp³-hybridized carbons (Fsp3) is 0.444. The fourth-order valence-corrected chi connectivity index (χ4v) is 2.64. The van der Waals surface area contributed by atoms with Gasteiger partial charge < -0.3 is 9.73 Å². The number of nitrogens with one attached hydrogen (secondary N) is 1. The first-order valence-corrected chi connectivity index (χ1v) is 7.55. The third-order valence-electron chi connectivity index (χ3n) is 3.66. The first-order valence-electron chi connectivity index (χ1n) is 7.55. The van der Waals surface area contributed by atoms with Gasteiger partial charge in [0.1, 0.15) is 11.5 Å². The third-order valence-corrected chi connectivity index (χ3v) is 3.66. The Morgan fingerprint density at radius 1 is 1.15 bits per heavy atom. The Labute approximate surface area is 122 Å². The van der Waals surface area contributed by atoms with Gasteiger partial charge in [-0.15, -0.1) is 0 Å². The first kappa shape index (κ1) is 14.9. The smallest absolute Gasteiger partial charge is 0.105 e. The molecule has 20 heavy (non-hydrogen) atoms. The molecule has 0 radical (unpaired) electrons. The lowest BCUT2D eigenvalue weighted by molar-refractivity contribution is 0.468. The zero-order chi connectivity index (χ0) is 14.4. The number of hydrogen-bond acceptors (Lipinski definition) is 2. The molecule has 0 bridgehead atoms. The summed E-state index contributed by atoms with van der Waals surface area (Å²) in [6, 6.07) is 13.2. The van der Waals surface area contributed by atoms with Crippen LogP contribution in [0.2, 0.25) is 0 Å².